The van der Waals surface area contributed by atoms with Crippen LogP contribution in [0.25, 0.3) is 0 Å². The molecule has 0 bridgehead atoms. The van der Waals surface area contributed by atoms with Crippen molar-refractivity contribution >= 4 is 11.9 Å². The summed E-state index contributed by atoms with van der Waals surface area (Å²) in [6, 6.07) is -0.00255. The Morgan fingerprint density at radius 2 is 1.81 bits per heavy atom. The van der Waals surface area contributed by atoms with Gasteiger partial charge in [-0.1, -0.05) is 0 Å². The predicted octanol–water partition coefficient (Wildman–Crippen LogP) is 0.574. The molecule has 120 valence electrons. The topological polar surface area (TPSA) is 76.1 Å². The molecule has 0 amide bonds. The molecule has 1 heterocycles. The van der Waals surface area contributed by atoms with Gasteiger partial charge in [0.2, 0.25) is 0 Å². The number of nitrogens with zero attached hydrogens (tertiary/aromatic N) is 1. The molecule has 0 radical (unpaired) electrons. The van der Waals surface area contributed by atoms with Gasteiger partial charge in [-0.15, -0.1) is 0 Å². The molecule has 1 N–H and O–H groups in total. The van der Waals surface area contributed by atoms with Crippen LogP contribution in [-0.2, 0) is 19.1 Å². The Labute approximate surface area is 125 Å². The highest BCUT2D eigenvalue weighted by molar-refractivity contribution is 5.73. The molecular weight excluding hydrogens is 274 g/mol. The van der Waals surface area contributed by atoms with Crippen molar-refractivity contribution in [3.8, 4) is 0 Å². The molecule has 3 unspecified atom stereocenters. The third-order valence-corrected chi connectivity index (χ3v) is 4.65. The van der Waals surface area contributed by atoms with Gasteiger partial charge in [-0.05, 0) is 45.7 Å². The Morgan fingerprint density at radius 3 is 2.38 bits per heavy atom. The number of ether oxygens (including phenoxy) is 2. The highest BCUT2D eigenvalue weighted by atomic mass is 16.5. The molecule has 1 saturated heterocycles. The molecule has 1 aliphatic carbocycles. The van der Waals surface area contributed by atoms with E-state index in [9.17, 15) is 14.7 Å². The third-order valence-electron chi connectivity index (χ3n) is 4.65. The third kappa shape index (κ3) is 3.74. The fourth-order valence-electron chi connectivity index (χ4n) is 3.47. The molecule has 0 spiro atoms. The molecule has 6 nitrogen and oxygen atoms in total. The molecule has 6 heteroatoms. The summed E-state index contributed by atoms with van der Waals surface area (Å²) < 4.78 is 9.82. The number of esters is 2. The van der Waals surface area contributed by atoms with Crippen LogP contribution in [0.15, 0.2) is 0 Å². The number of aliphatic hydroxyl groups is 1. The molecular formula is C15H25NO5. The summed E-state index contributed by atoms with van der Waals surface area (Å²) in [6.45, 7) is 3.76. The summed E-state index contributed by atoms with van der Waals surface area (Å²) in [7, 11) is 1.38. The van der Waals surface area contributed by atoms with E-state index >= 15 is 0 Å². The van der Waals surface area contributed by atoms with Crippen LogP contribution in [0.4, 0.5) is 0 Å². The average Bonchev–Trinajstić information content (AvgIpc) is 2.89. The number of carbonyl (C=O) groups excluding carboxylic acids is 2. The first-order valence-electron chi connectivity index (χ1n) is 7.73. The van der Waals surface area contributed by atoms with E-state index < -0.39 is 6.10 Å². The van der Waals surface area contributed by atoms with E-state index in [1.165, 1.54) is 7.11 Å². The molecule has 2 aliphatic rings. The van der Waals surface area contributed by atoms with E-state index in [0.29, 0.717) is 19.4 Å². The molecule has 21 heavy (non-hydrogen) atoms. The van der Waals surface area contributed by atoms with Gasteiger partial charge in [-0.3, -0.25) is 14.5 Å². The summed E-state index contributed by atoms with van der Waals surface area (Å²) in [5.74, 6) is -0.594. The van der Waals surface area contributed by atoms with Crippen LogP contribution in [0.5, 0.6) is 0 Å². The van der Waals surface area contributed by atoms with Crippen LogP contribution in [0.3, 0.4) is 0 Å². The predicted molar refractivity (Wildman–Crippen MR) is 75.5 cm³/mol. The molecule has 3 atom stereocenters. The van der Waals surface area contributed by atoms with Crippen molar-refractivity contribution in [3.63, 3.8) is 0 Å². The Hall–Kier alpha value is -1.14. The lowest BCUT2D eigenvalue weighted by molar-refractivity contribution is -0.150. The number of piperidine rings is 1. The van der Waals surface area contributed by atoms with Crippen LogP contribution < -0.4 is 0 Å². The fourth-order valence-corrected chi connectivity index (χ4v) is 3.47. The first kappa shape index (κ1) is 16.2. The van der Waals surface area contributed by atoms with Crippen molar-refractivity contribution in [2.75, 3.05) is 26.8 Å². The van der Waals surface area contributed by atoms with Crippen LogP contribution in [0.2, 0.25) is 0 Å². The van der Waals surface area contributed by atoms with Crippen molar-refractivity contribution in [1.82, 2.24) is 4.90 Å². The average molecular weight is 299 g/mol. The van der Waals surface area contributed by atoms with Crippen molar-refractivity contribution in [3.05, 3.63) is 0 Å². The summed E-state index contributed by atoms with van der Waals surface area (Å²) in [5, 5.41) is 10.2. The van der Waals surface area contributed by atoms with Crippen LogP contribution in [0, 0.1) is 11.8 Å². The quantitative estimate of drug-likeness (QED) is 0.765. The van der Waals surface area contributed by atoms with E-state index in [1.807, 2.05) is 6.92 Å². The zero-order valence-corrected chi connectivity index (χ0v) is 12.8. The molecule has 1 aliphatic heterocycles. The largest absolute Gasteiger partial charge is 0.469 e. The maximum Gasteiger partial charge on any atom is 0.309 e. The lowest BCUT2D eigenvalue weighted by Crippen LogP contribution is -2.46. The van der Waals surface area contributed by atoms with Crippen molar-refractivity contribution < 1.29 is 24.2 Å². The number of likely N-dealkylation sites (tertiary alicyclic amines) is 1. The molecule has 2 rings (SSSR count). The first-order valence-corrected chi connectivity index (χ1v) is 7.73. The second-order valence-corrected chi connectivity index (χ2v) is 5.89. The normalized spacial score (nSPS) is 31.1. The number of aliphatic hydroxyl groups excluding tert-OH is 1. The number of hydrogen-bond acceptors (Lipinski definition) is 6. The van der Waals surface area contributed by atoms with Gasteiger partial charge in [0.05, 0.1) is 31.7 Å². The van der Waals surface area contributed by atoms with Gasteiger partial charge in [-0.25, -0.2) is 0 Å². The minimum Gasteiger partial charge on any atom is -0.469 e. The minimum absolute atomic E-state index is 0.00255. The van der Waals surface area contributed by atoms with Gasteiger partial charge in [0.1, 0.15) is 0 Å². The monoisotopic (exact) mass is 299 g/mol. The van der Waals surface area contributed by atoms with Crippen LogP contribution >= 0.6 is 0 Å². The summed E-state index contributed by atoms with van der Waals surface area (Å²) in [5.41, 5.74) is 0. The van der Waals surface area contributed by atoms with Gasteiger partial charge in [-0.2, -0.15) is 0 Å². The number of rotatable bonds is 4. The SMILES string of the molecule is CCOC(=O)C1CCN(C2CC(C(=O)OC)CC2O)CC1. The second kappa shape index (κ2) is 7.22. The van der Waals surface area contributed by atoms with Gasteiger partial charge >= 0.3 is 11.9 Å². The minimum atomic E-state index is -0.492. The Bertz CT molecular complexity index is 378. The summed E-state index contributed by atoms with van der Waals surface area (Å²) in [4.78, 5) is 25.5. The highest BCUT2D eigenvalue weighted by Crippen LogP contribution is 2.33. The highest BCUT2D eigenvalue weighted by Gasteiger charge is 2.41. The zero-order valence-electron chi connectivity index (χ0n) is 12.8. The van der Waals surface area contributed by atoms with Gasteiger partial charge in [0, 0.05) is 6.04 Å². The second-order valence-electron chi connectivity index (χ2n) is 5.89. The molecule has 2 fully saturated rings. The summed E-state index contributed by atoms with van der Waals surface area (Å²) >= 11 is 0. The molecule has 1 saturated carbocycles. The van der Waals surface area contributed by atoms with E-state index in [0.717, 1.165) is 25.9 Å². The van der Waals surface area contributed by atoms with Crippen molar-refractivity contribution in [1.29, 1.82) is 0 Å². The van der Waals surface area contributed by atoms with Crippen LogP contribution in [0.1, 0.15) is 32.6 Å². The Kier molecular flexibility index (Phi) is 5.58. The van der Waals surface area contributed by atoms with Crippen molar-refractivity contribution in [2.45, 2.75) is 44.8 Å². The first-order chi connectivity index (χ1) is 10.1. The lowest BCUT2D eigenvalue weighted by atomic mass is 9.95. The maximum atomic E-state index is 11.7. The number of carbonyl (C=O) groups is 2. The van der Waals surface area contributed by atoms with E-state index in [2.05, 4.69) is 4.90 Å². The van der Waals surface area contributed by atoms with E-state index in [-0.39, 0.29) is 29.8 Å². The molecule has 0 aromatic rings. The fraction of sp³-hybridized carbons (Fsp3) is 0.867. The Balaban J connectivity index is 1.85. The van der Waals surface area contributed by atoms with Crippen LogP contribution in [-0.4, -0.2) is 60.9 Å². The molecule has 0 aromatic carbocycles. The maximum absolute atomic E-state index is 11.7. The number of methoxy groups -OCH3 is 1. The zero-order chi connectivity index (χ0) is 15.4. The van der Waals surface area contributed by atoms with E-state index in [4.69, 9.17) is 9.47 Å². The van der Waals surface area contributed by atoms with Gasteiger partial charge < -0.3 is 14.6 Å². The molecule has 0 aromatic heterocycles. The van der Waals surface area contributed by atoms with Crippen molar-refractivity contribution in [2.24, 2.45) is 11.8 Å². The lowest BCUT2D eigenvalue weighted by Gasteiger charge is -2.36. The number of hydrogen-bond donors (Lipinski definition) is 1. The Morgan fingerprint density at radius 1 is 1.14 bits per heavy atom. The van der Waals surface area contributed by atoms with E-state index in [1.54, 1.807) is 0 Å². The standard InChI is InChI=1S/C15H25NO5/c1-3-21-15(19)10-4-6-16(7-5-10)12-8-11(9-13(12)17)14(18)20-2/h10-13,17H,3-9H2,1-2H3. The summed E-state index contributed by atoms with van der Waals surface area (Å²) in [6.07, 6.45) is 2.12. The smallest absolute Gasteiger partial charge is 0.309 e. The van der Waals surface area contributed by atoms with Gasteiger partial charge in [0.25, 0.3) is 0 Å². The van der Waals surface area contributed by atoms with Gasteiger partial charge in [0.15, 0.2) is 0 Å².